The molecule has 1 N–H and O–H groups in total. The van der Waals surface area contributed by atoms with Crippen molar-refractivity contribution in [3.63, 3.8) is 0 Å². The number of nitro benzene ring substituents is 1. The average molecular weight is 333 g/mol. The van der Waals surface area contributed by atoms with Gasteiger partial charge >= 0.3 is 5.69 Å². The van der Waals surface area contributed by atoms with Gasteiger partial charge in [0, 0.05) is 12.6 Å². The van der Waals surface area contributed by atoms with E-state index in [1.807, 2.05) is 0 Å². The van der Waals surface area contributed by atoms with Crippen molar-refractivity contribution in [2.75, 3.05) is 20.7 Å². The van der Waals surface area contributed by atoms with Gasteiger partial charge in [-0.3, -0.25) is 19.8 Å². The molecule has 0 fully saturated rings. The molecule has 0 saturated heterocycles. The summed E-state index contributed by atoms with van der Waals surface area (Å²) in [7, 11) is 3.15. The zero-order valence-corrected chi connectivity index (χ0v) is 13.5. The lowest BCUT2D eigenvalue weighted by atomic mass is 10.1. The fourth-order valence-corrected chi connectivity index (χ4v) is 2.24. The Balaban J connectivity index is 1.89. The Hall–Kier alpha value is -2.87. The highest BCUT2D eigenvalue weighted by Gasteiger charge is 2.16. The fourth-order valence-electron chi connectivity index (χ4n) is 2.24. The third-order valence-electron chi connectivity index (χ3n) is 3.35. The molecule has 2 rings (SSSR count). The lowest BCUT2D eigenvalue weighted by Gasteiger charge is -2.16. The maximum Gasteiger partial charge on any atom is 0.311 e. The van der Waals surface area contributed by atoms with E-state index in [0.717, 1.165) is 5.56 Å². The Morgan fingerprint density at radius 3 is 2.83 bits per heavy atom. The molecule has 8 nitrogen and oxygen atoms in total. The number of hydrogen-bond donors (Lipinski definition) is 1. The third kappa shape index (κ3) is 4.82. The van der Waals surface area contributed by atoms with Crippen LogP contribution in [0.1, 0.15) is 11.3 Å². The minimum Gasteiger partial charge on any atom is -0.490 e. The number of ether oxygens (including phenoxy) is 1. The molecule has 24 heavy (non-hydrogen) atoms. The zero-order chi connectivity index (χ0) is 17.5. The van der Waals surface area contributed by atoms with Gasteiger partial charge in [-0.25, -0.2) is 0 Å². The summed E-state index contributed by atoms with van der Waals surface area (Å²) >= 11 is 0. The number of hydrogen-bond acceptors (Lipinski definition) is 6. The van der Waals surface area contributed by atoms with E-state index >= 15 is 0 Å². The Bertz CT molecular complexity index is 700. The summed E-state index contributed by atoms with van der Waals surface area (Å²) < 4.78 is 10.1. The molecule has 0 unspecified atom stereocenters. The molecule has 0 aliphatic carbocycles. The second-order valence-corrected chi connectivity index (χ2v) is 5.29. The molecule has 0 aliphatic rings. The standard InChI is InChI=1S/C16H19N3O5/c1-18(11-16(20)17-9-13-4-3-7-24-13)10-12-5-6-15(23-2)14(8-12)19(21)22/h3-8H,9-11H2,1-2H3,(H,17,20). The number of nitro groups is 1. The largest absolute Gasteiger partial charge is 0.490 e. The predicted molar refractivity (Wildman–Crippen MR) is 86.5 cm³/mol. The molecular formula is C16H19N3O5. The number of methoxy groups -OCH3 is 1. The quantitative estimate of drug-likeness (QED) is 0.586. The highest BCUT2D eigenvalue weighted by Crippen LogP contribution is 2.27. The summed E-state index contributed by atoms with van der Waals surface area (Å²) in [6, 6.07) is 8.28. The molecule has 2 aromatic rings. The normalized spacial score (nSPS) is 10.6. The van der Waals surface area contributed by atoms with Crippen molar-refractivity contribution in [1.82, 2.24) is 10.2 Å². The van der Waals surface area contributed by atoms with E-state index in [-0.39, 0.29) is 23.9 Å². The molecule has 128 valence electrons. The lowest BCUT2D eigenvalue weighted by Crippen LogP contribution is -2.34. The number of amides is 1. The van der Waals surface area contributed by atoms with E-state index in [1.165, 1.54) is 13.2 Å². The first-order valence-corrected chi connectivity index (χ1v) is 7.28. The van der Waals surface area contributed by atoms with Crippen molar-refractivity contribution in [1.29, 1.82) is 0 Å². The Labute approximate surface area is 139 Å². The first-order chi connectivity index (χ1) is 11.5. The molecule has 0 spiro atoms. The number of nitrogens with zero attached hydrogens (tertiary/aromatic N) is 2. The number of carbonyl (C=O) groups is 1. The summed E-state index contributed by atoms with van der Waals surface area (Å²) in [5, 5.41) is 13.8. The average Bonchev–Trinajstić information content (AvgIpc) is 3.06. The predicted octanol–water partition coefficient (Wildman–Crippen LogP) is 1.94. The summed E-state index contributed by atoms with van der Waals surface area (Å²) in [6.07, 6.45) is 1.55. The number of furan rings is 1. The molecule has 0 radical (unpaired) electrons. The maximum absolute atomic E-state index is 11.9. The van der Waals surface area contributed by atoms with Crippen LogP contribution in [0.15, 0.2) is 41.0 Å². The summed E-state index contributed by atoms with van der Waals surface area (Å²) in [5.41, 5.74) is 0.634. The van der Waals surface area contributed by atoms with Crippen LogP contribution in [0.2, 0.25) is 0 Å². The van der Waals surface area contributed by atoms with E-state index in [1.54, 1.807) is 42.5 Å². The number of likely N-dealkylation sites (N-methyl/N-ethyl adjacent to an activating group) is 1. The molecule has 1 aromatic carbocycles. The molecular weight excluding hydrogens is 314 g/mol. The highest BCUT2D eigenvalue weighted by atomic mass is 16.6. The molecule has 8 heteroatoms. The topological polar surface area (TPSA) is 97.8 Å². The first kappa shape index (κ1) is 17.5. The van der Waals surface area contributed by atoms with Crippen LogP contribution in [0.5, 0.6) is 5.75 Å². The van der Waals surface area contributed by atoms with Crippen LogP contribution in [-0.2, 0) is 17.9 Å². The van der Waals surface area contributed by atoms with Gasteiger partial charge in [0.15, 0.2) is 5.75 Å². The van der Waals surface area contributed by atoms with Crippen LogP contribution < -0.4 is 10.1 Å². The van der Waals surface area contributed by atoms with Gasteiger partial charge in [-0.15, -0.1) is 0 Å². The van der Waals surface area contributed by atoms with Gasteiger partial charge in [0.25, 0.3) is 0 Å². The van der Waals surface area contributed by atoms with E-state index in [4.69, 9.17) is 9.15 Å². The second-order valence-electron chi connectivity index (χ2n) is 5.29. The van der Waals surface area contributed by atoms with Crippen LogP contribution in [0, 0.1) is 10.1 Å². The fraction of sp³-hybridized carbons (Fsp3) is 0.312. The molecule has 1 aromatic heterocycles. The van der Waals surface area contributed by atoms with Crippen LogP contribution in [0.4, 0.5) is 5.69 Å². The Morgan fingerprint density at radius 1 is 1.42 bits per heavy atom. The van der Waals surface area contributed by atoms with E-state index < -0.39 is 4.92 Å². The van der Waals surface area contributed by atoms with E-state index in [0.29, 0.717) is 18.8 Å². The Kier molecular flexibility index (Phi) is 5.91. The van der Waals surface area contributed by atoms with Crippen molar-refractivity contribution in [3.8, 4) is 5.75 Å². The van der Waals surface area contributed by atoms with Crippen molar-refractivity contribution in [3.05, 3.63) is 58.0 Å². The number of carbonyl (C=O) groups excluding carboxylic acids is 1. The minimum absolute atomic E-state index is 0.0920. The number of nitrogens with one attached hydrogen (secondary N) is 1. The van der Waals surface area contributed by atoms with Crippen LogP contribution in [-0.4, -0.2) is 36.4 Å². The molecule has 1 heterocycles. The first-order valence-electron chi connectivity index (χ1n) is 7.28. The van der Waals surface area contributed by atoms with Gasteiger partial charge in [0.05, 0.1) is 31.4 Å². The number of rotatable bonds is 8. The van der Waals surface area contributed by atoms with Crippen molar-refractivity contribution < 1.29 is 18.9 Å². The highest BCUT2D eigenvalue weighted by molar-refractivity contribution is 5.77. The molecule has 0 aliphatic heterocycles. The molecule has 1 amide bonds. The smallest absolute Gasteiger partial charge is 0.311 e. The Morgan fingerprint density at radius 2 is 2.21 bits per heavy atom. The summed E-state index contributed by atoms with van der Waals surface area (Å²) in [4.78, 5) is 24.2. The van der Waals surface area contributed by atoms with Crippen molar-refractivity contribution >= 4 is 11.6 Å². The van der Waals surface area contributed by atoms with E-state index in [2.05, 4.69) is 5.32 Å². The van der Waals surface area contributed by atoms with Gasteiger partial charge in [0.1, 0.15) is 5.76 Å². The molecule has 0 saturated carbocycles. The monoisotopic (exact) mass is 333 g/mol. The second kappa shape index (κ2) is 8.11. The summed E-state index contributed by atoms with van der Waals surface area (Å²) in [5.74, 6) is 0.733. The van der Waals surface area contributed by atoms with Crippen LogP contribution in [0.3, 0.4) is 0 Å². The van der Waals surface area contributed by atoms with Gasteiger partial charge in [-0.1, -0.05) is 6.07 Å². The minimum atomic E-state index is -0.488. The van der Waals surface area contributed by atoms with Crippen LogP contribution in [0.25, 0.3) is 0 Å². The maximum atomic E-state index is 11.9. The van der Waals surface area contributed by atoms with Gasteiger partial charge in [0.2, 0.25) is 5.91 Å². The van der Waals surface area contributed by atoms with Gasteiger partial charge in [-0.05, 0) is 30.8 Å². The number of benzene rings is 1. The van der Waals surface area contributed by atoms with Crippen molar-refractivity contribution in [2.24, 2.45) is 0 Å². The molecule has 0 atom stereocenters. The third-order valence-corrected chi connectivity index (χ3v) is 3.35. The van der Waals surface area contributed by atoms with Crippen molar-refractivity contribution in [2.45, 2.75) is 13.1 Å². The summed E-state index contributed by atoms with van der Waals surface area (Å²) in [6.45, 7) is 0.896. The molecule has 0 bridgehead atoms. The zero-order valence-electron chi connectivity index (χ0n) is 13.5. The lowest BCUT2D eigenvalue weighted by molar-refractivity contribution is -0.385. The van der Waals surface area contributed by atoms with Crippen LogP contribution >= 0.6 is 0 Å². The van der Waals surface area contributed by atoms with E-state index in [9.17, 15) is 14.9 Å². The van der Waals surface area contributed by atoms with Gasteiger partial charge in [-0.2, -0.15) is 0 Å². The van der Waals surface area contributed by atoms with Gasteiger partial charge < -0.3 is 14.5 Å². The SMILES string of the molecule is COc1ccc(CN(C)CC(=O)NCc2ccco2)cc1[N+](=O)[O-].